The summed E-state index contributed by atoms with van der Waals surface area (Å²) in [5.74, 6) is 0.683. The van der Waals surface area contributed by atoms with Gasteiger partial charge >= 0.3 is 5.97 Å². The number of carbonyl (C=O) groups is 1. The van der Waals surface area contributed by atoms with E-state index >= 15 is 0 Å². The van der Waals surface area contributed by atoms with Gasteiger partial charge in [0.2, 0.25) is 5.56 Å². The molecule has 1 aliphatic heterocycles. The summed E-state index contributed by atoms with van der Waals surface area (Å²) >= 11 is 0. The number of rotatable bonds is 8. The van der Waals surface area contributed by atoms with Gasteiger partial charge in [0.25, 0.3) is 0 Å². The van der Waals surface area contributed by atoms with Gasteiger partial charge in [-0.2, -0.15) is 0 Å². The number of aryl methyl sites for hydroxylation is 1. The van der Waals surface area contributed by atoms with E-state index in [1.165, 1.54) is 0 Å². The zero-order valence-corrected chi connectivity index (χ0v) is 19.3. The van der Waals surface area contributed by atoms with Crippen molar-refractivity contribution in [3.05, 3.63) is 34.7 Å². The highest BCUT2D eigenvalue weighted by Crippen LogP contribution is 2.18. The van der Waals surface area contributed by atoms with Crippen LogP contribution in [0.4, 0.5) is 0 Å². The van der Waals surface area contributed by atoms with Crippen molar-refractivity contribution in [1.29, 1.82) is 0 Å². The first-order chi connectivity index (χ1) is 13.2. The Morgan fingerprint density at radius 1 is 1.32 bits per heavy atom. The van der Waals surface area contributed by atoms with E-state index in [0.717, 1.165) is 44.7 Å². The maximum absolute atomic E-state index is 12.0. The second kappa shape index (κ2) is 13.6. The molecule has 1 aromatic rings. The number of nitrogens with one attached hydrogen (secondary N) is 1. The average Bonchev–Trinajstić information content (AvgIpc) is 2.68. The number of ether oxygens (including phenoxy) is 1. The molecule has 0 aromatic carbocycles. The molecule has 28 heavy (non-hydrogen) atoms. The molecule has 1 unspecified atom stereocenters. The first kappa shape index (κ1) is 24.5. The molecule has 0 spiro atoms. The van der Waals surface area contributed by atoms with Gasteiger partial charge in [-0.1, -0.05) is 6.07 Å². The molecule has 1 saturated heterocycles. The van der Waals surface area contributed by atoms with Crippen LogP contribution in [0.5, 0.6) is 0 Å². The number of aromatic nitrogens is 1. The largest absolute Gasteiger partial charge is 0.466 e. The van der Waals surface area contributed by atoms with Gasteiger partial charge in [0.15, 0.2) is 5.96 Å². The standard InChI is InChI=1S/C20H32N4O3.HI/c1-3-21-20(24-15-9-10-17(16-24)19(26)27-4-2)22-12-6-8-14-23-13-7-5-11-18(23)25;/h5,7,11,13,17H,3-4,6,8-10,12,14-16H2,1-2H3,(H,21,22);1H. The van der Waals surface area contributed by atoms with Crippen LogP contribution in [0.25, 0.3) is 0 Å². The Labute approximate surface area is 184 Å². The molecule has 2 rings (SSSR count). The molecule has 1 aromatic heterocycles. The molecule has 1 aliphatic rings. The first-order valence-electron chi connectivity index (χ1n) is 10.0. The molecule has 7 nitrogen and oxygen atoms in total. The number of aliphatic imine (C=N–C) groups is 1. The van der Waals surface area contributed by atoms with E-state index in [-0.39, 0.29) is 41.4 Å². The van der Waals surface area contributed by atoms with Crippen molar-refractivity contribution in [1.82, 2.24) is 14.8 Å². The summed E-state index contributed by atoms with van der Waals surface area (Å²) in [5, 5.41) is 3.33. The van der Waals surface area contributed by atoms with Gasteiger partial charge in [0.05, 0.1) is 12.5 Å². The summed E-state index contributed by atoms with van der Waals surface area (Å²) in [6, 6.07) is 5.21. The minimum atomic E-state index is -0.105. The van der Waals surface area contributed by atoms with E-state index < -0.39 is 0 Å². The third-order valence-corrected chi connectivity index (χ3v) is 4.64. The van der Waals surface area contributed by atoms with Crippen LogP contribution in [0.3, 0.4) is 0 Å². The number of hydrogen-bond donors (Lipinski definition) is 1. The maximum atomic E-state index is 12.0. The molecule has 1 fully saturated rings. The van der Waals surface area contributed by atoms with Crippen molar-refractivity contribution < 1.29 is 9.53 Å². The fourth-order valence-corrected chi connectivity index (χ4v) is 3.27. The molecule has 0 saturated carbocycles. The zero-order chi connectivity index (χ0) is 19.5. The van der Waals surface area contributed by atoms with Crippen LogP contribution >= 0.6 is 24.0 Å². The molecule has 0 bridgehead atoms. The van der Waals surface area contributed by atoms with E-state index in [1.54, 1.807) is 16.7 Å². The van der Waals surface area contributed by atoms with E-state index in [1.807, 2.05) is 26.1 Å². The number of likely N-dealkylation sites (tertiary alicyclic amines) is 1. The summed E-state index contributed by atoms with van der Waals surface area (Å²) in [7, 11) is 0. The Balaban J connectivity index is 0.00000392. The monoisotopic (exact) mass is 504 g/mol. The third-order valence-electron chi connectivity index (χ3n) is 4.64. The third kappa shape index (κ3) is 7.81. The van der Waals surface area contributed by atoms with Crippen molar-refractivity contribution >= 4 is 35.9 Å². The predicted octanol–water partition coefficient (Wildman–Crippen LogP) is 2.49. The average molecular weight is 504 g/mol. The normalized spacial score (nSPS) is 17.0. The molecule has 0 amide bonds. The Hall–Kier alpha value is -1.58. The molecule has 0 radical (unpaired) electrons. The number of carbonyl (C=O) groups excluding carboxylic acids is 1. The van der Waals surface area contributed by atoms with E-state index in [4.69, 9.17) is 9.73 Å². The first-order valence-corrected chi connectivity index (χ1v) is 10.0. The zero-order valence-electron chi connectivity index (χ0n) is 16.9. The van der Waals surface area contributed by atoms with Crippen molar-refractivity contribution in [2.24, 2.45) is 10.9 Å². The summed E-state index contributed by atoms with van der Waals surface area (Å²) in [6.45, 7) is 8.07. The number of halogens is 1. The fourth-order valence-electron chi connectivity index (χ4n) is 3.27. The lowest BCUT2D eigenvalue weighted by Gasteiger charge is -2.34. The van der Waals surface area contributed by atoms with Crippen molar-refractivity contribution in [2.45, 2.75) is 46.1 Å². The van der Waals surface area contributed by atoms with Crippen molar-refractivity contribution in [3.8, 4) is 0 Å². The number of pyridine rings is 1. The lowest BCUT2D eigenvalue weighted by molar-refractivity contribution is -0.149. The molecule has 2 heterocycles. The van der Waals surface area contributed by atoms with Crippen LogP contribution < -0.4 is 10.9 Å². The van der Waals surface area contributed by atoms with Gasteiger partial charge < -0.3 is 19.5 Å². The Morgan fingerprint density at radius 3 is 2.86 bits per heavy atom. The van der Waals surface area contributed by atoms with Crippen LogP contribution in [-0.4, -0.2) is 54.2 Å². The topological polar surface area (TPSA) is 75.9 Å². The minimum absolute atomic E-state index is 0. The van der Waals surface area contributed by atoms with E-state index in [9.17, 15) is 9.59 Å². The van der Waals surface area contributed by atoms with Crippen molar-refractivity contribution in [3.63, 3.8) is 0 Å². The highest BCUT2D eigenvalue weighted by molar-refractivity contribution is 14.0. The summed E-state index contributed by atoms with van der Waals surface area (Å²) in [6.07, 6.45) is 5.47. The second-order valence-electron chi connectivity index (χ2n) is 6.71. The van der Waals surface area contributed by atoms with Gasteiger partial charge in [-0.15, -0.1) is 24.0 Å². The lowest BCUT2D eigenvalue weighted by Crippen LogP contribution is -2.48. The molecule has 8 heteroatoms. The molecular formula is C20H33IN4O3. The van der Waals surface area contributed by atoms with Crippen LogP contribution in [0, 0.1) is 5.92 Å². The number of unbranched alkanes of at least 4 members (excludes halogenated alkanes) is 1. The van der Waals surface area contributed by atoms with Crippen LogP contribution in [0.1, 0.15) is 39.5 Å². The Kier molecular flexibility index (Phi) is 11.9. The van der Waals surface area contributed by atoms with Crippen LogP contribution in [0.2, 0.25) is 0 Å². The minimum Gasteiger partial charge on any atom is -0.466 e. The number of guanidine groups is 1. The highest BCUT2D eigenvalue weighted by atomic mass is 127. The fraction of sp³-hybridized carbons (Fsp3) is 0.650. The van der Waals surface area contributed by atoms with E-state index in [0.29, 0.717) is 26.2 Å². The van der Waals surface area contributed by atoms with Crippen LogP contribution in [0.15, 0.2) is 34.2 Å². The van der Waals surface area contributed by atoms with Crippen molar-refractivity contribution in [2.75, 3.05) is 32.8 Å². The lowest BCUT2D eigenvalue weighted by atomic mass is 9.98. The number of esters is 1. The quantitative estimate of drug-likeness (QED) is 0.194. The molecule has 158 valence electrons. The summed E-state index contributed by atoms with van der Waals surface area (Å²) < 4.78 is 6.91. The summed E-state index contributed by atoms with van der Waals surface area (Å²) in [5.41, 5.74) is 0.0349. The summed E-state index contributed by atoms with van der Waals surface area (Å²) in [4.78, 5) is 30.6. The highest BCUT2D eigenvalue weighted by Gasteiger charge is 2.28. The molecule has 1 N–H and O–H groups in total. The van der Waals surface area contributed by atoms with Gasteiger partial charge in [0, 0.05) is 45.0 Å². The molecule has 1 atom stereocenters. The van der Waals surface area contributed by atoms with E-state index in [2.05, 4.69) is 10.2 Å². The maximum Gasteiger partial charge on any atom is 0.310 e. The second-order valence-corrected chi connectivity index (χ2v) is 6.71. The predicted molar refractivity (Wildman–Crippen MR) is 122 cm³/mol. The molecular weight excluding hydrogens is 471 g/mol. The van der Waals surface area contributed by atoms with Gasteiger partial charge in [-0.3, -0.25) is 14.6 Å². The van der Waals surface area contributed by atoms with Gasteiger partial charge in [0.1, 0.15) is 0 Å². The van der Waals surface area contributed by atoms with Gasteiger partial charge in [-0.25, -0.2) is 0 Å². The van der Waals surface area contributed by atoms with Crippen LogP contribution in [-0.2, 0) is 16.1 Å². The SMILES string of the molecule is CCNC(=NCCCCn1ccccc1=O)N1CCCC(C(=O)OCC)C1.I. The number of hydrogen-bond acceptors (Lipinski definition) is 4. The Bertz CT molecular complexity index is 677. The number of piperidine rings is 1. The number of nitrogens with zero attached hydrogens (tertiary/aromatic N) is 3. The van der Waals surface area contributed by atoms with Gasteiger partial charge in [-0.05, 0) is 45.6 Å². The smallest absolute Gasteiger partial charge is 0.310 e. The Morgan fingerprint density at radius 2 is 2.14 bits per heavy atom. The molecule has 0 aliphatic carbocycles.